The molecule has 0 fully saturated rings. The number of amides is 1. The van der Waals surface area contributed by atoms with Crippen molar-refractivity contribution in [2.24, 2.45) is 0 Å². The van der Waals surface area contributed by atoms with Gasteiger partial charge in [-0.1, -0.05) is 6.07 Å². The summed E-state index contributed by atoms with van der Waals surface area (Å²) in [5.74, 6) is -0.294. The number of carbonyl (C=O) groups excluding carboxylic acids is 1. The van der Waals surface area contributed by atoms with E-state index in [1.165, 1.54) is 12.1 Å². The SMILES string of the molecule is Cc1cc(F)ccc1-c1ccncc1NC(=O)OC(C)(C)C. The molecule has 5 heteroatoms. The molecule has 1 heterocycles. The van der Waals surface area contributed by atoms with Crippen molar-refractivity contribution >= 4 is 11.8 Å². The minimum atomic E-state index is -0.585. The van der Waals surface area contributed by atoms with E-state index in [0.717, 1.165) is 16.7 Å². The summed E-state index contributed by atoms with van der Waals surface area (Å²) in [6, 6.07) is 6.29. The molecule has 1 N–H and O–H groups in total. The van der Waals surface area contributed by atoms with Crippen LogP contribution in [0.15, 0.2) is 36.7 Å². The van der Waals surface area contributed by atoms with Gasteiger partial charge in [-0.05, 0) is 57.0 Å². The second kappa shape index (κ2) is 6.13. The van der Waals surface area contributed by atoms with E-state index in [-0.39, 0.29) is 5.82 Å². The predicted octanol–water partition coefficient (Wildman–Crippen LogP) is 4.54. The molecule has 1 amide bonds. The van der Waals surface area contributed by atoms with Crippen LogP contribution in [-0.2, 0) is 4.74 Å². The van der Waals surface area contributed by atoms with Crippen molar-refractivity contribution in [1.29, 1.82) is 0 Å². The van der Waals surface area contributed by atoms with Crippen LogP contribution in [0.4, 0.5) is 14.9 Å². The summed E-state index contributed by atoms with van der Waals surface area (Å²) in [6.45, 7) is 7.19. The van der Waals surface area contributed by atoms with E-state index in [1.54, 1.807) is 45.3 Å². The lowest BCUT2D eigenvalue weighted by molar-refractivity contribution is 0.0636. The molecule has 4 nitrogen and oxygen atoms in total. The van der Waals surface area contributed by atoms with E-state index < -0.39 is 11.7 Å². The van der Waals surface area contributed by atoms with Crippen LogP contribution >= 0.6 is 0 Å². The van der Waals surface area contributed by atoms with Crippen molar-refractivity contribution in [2.75, 3.05) is 5.32 Å². The van der Waals surface area contributed by atoms with Crippen molar-refractivity contribution in [2.45, 2.75) is 33.3 Å². The third kappa shape index (κ3) is 4.04. The second-order valence-corrected chi connectivity index (χ2v) is 6.01. The minimum absolute atomic E-state index is 0.294. The molecule has 0 atom stereocenters. The number of nitrogens with zero attached hydrogens (tertiary/aromatic N) is 1. The quantitative estimate of drug-likeness (QED) is 0.885. The van der Waals surface area contributed by atoms with Gasteiger partial charge in [0.15, 0.2) is 0 Å². The van der Waals surface area contributed by atoms with E-state index in [1.807, 2.05) is 6.92 Å². The number of carbonyl (C=O) groups is 1. The maximum Gasteiger partial charge on any atom is 0.412 e. The van der Waals surface area contributed by atoms with Crippen molar-refractivity contribution < 1.29 is 13.9 Å². The molecular weight excluding hydrogens is 283 g/mol. The largest absolute Gasteiger partial charge is 0.444 e. The van der Waals surface area contributed by atoms with Crippen LogP contribution in [0.2, 0.25) is 0 Å². The van der Waals surface area contributed by atoms with Crippen LogP contribution in [0.25, 0.3) is 11.1 Å². The average molecular weight is 302 g/mol. The smallest absolute Gasteiger partial charge is 0.412 e. The van der Waals surface area contributed by atoms with Crippen molar-refractivity contribution in [1.82, 2.24) is 4.98 Å². The molecule has 116 valence electrons. The number of halogens is 1. The van der Waals surface area contributed by atoms with E-state index >= 15 is 0 Å². The Morgan fingerprint density at radius 3 is 2.59 bits per heavy atom. The predicted molar refractivity (Wildman–Crippen MR) is 84.2 cm³/mol. The number of hydrogen-bond acceptors (Lipinski definition) is 3. The highest BCUT2D eigenvalue weighted by Gasteiger charge is 2.18. The first-order chi connectivity index (χ1) is 10.3. The fourth-order valence-electron chi connectivity index (χ4n) is 2.07. The molecular formula is C17H19FN2O2. The van der Waals surface area contributed by atoms with Gasteiger partial charge >= 0.3 is 6.09 Å². The van der Waals surface area contributed by atoms with Crippen LogP contribution in [0.3, 0.4) is 0 Å². The molecule has 0 unspecified atom stereocenters. The fourth-order valence-corrected chi connectivity index (χ4v) is 2.07. The Hall–Kier alpha value is -2.43. The number of pyridine rings is 1. The third-order valence-corrected chi connectivity index (χ3v) is 2.94. The Morgan fingerprint density at radius 2 is 1.95 bits per heavy atom. The summed E-state index contributed by atoms with van der Waals surface area (Å²) >= 11 is 0. The summed E-state index contributed by atoms with van der Waals surface area (Å²) in [5.41, 5.74) is 2.30. The van der Waals surface area contributed by atoms with E-state index in [9.17, 15) is 9.18 Å². The van der Waals surface area contributed by atoms with Gasteiger partial charge in [0.05, 0.1) is 11.9 Å². The number of nitrogens with one attached hydrogen (secondary N) is 1. The van der Waals surface area contributed by atoms with Crippen molar-refractivity contribution in [3.05, 3.63) is 48.0 Å². The minimum Gasteiger partial charge on any atom is -0.444 e. The number of rotatable bonds is 2. The van der Waals surface area contributed by atoms with Gasteiger partial charge < -0.3 is 4.74 Å². The molecule has 0 saturated heterocycles. The number of aryl methyl sites for hydroxylation is 1. The van der Waals surface area contributed by atoms with Crippen LogP contribution < -0.4 is 5.32 Å². The highest BCUT2D eigenvalue weighted by atomic mass is 19.1. The first-order valence-corrected chi connectivity index (χ1v) is 6.97. The fraction of sp³-hybridized carbons (Fsp3) is 0.294. The van der Waals surface area contributed by atoms with Gasteiger partial charge in [0.25, 0.3) is 0 Å². The van der Waals surface area contributed by atoms with Crippen molar-refractivity contribution in [3.63, 3.8) is 0 Å². The van der Waals surface area contributed by atoms with Gasteiger partial charge in [-0.2, -0.15) is 0 Å². The summed E-state index contributed by atoms with van der Waals surface area (Å²) in [7, 11) is 0. The summed E-state index contributed by atoms with van der Waals surface area (Å²) in [6.07, 6.45) is 2.61. The number of anilines is 1. The Bertz CT molecular complexity index is 693. The number of ether oxygens (including phenoxy) is 1. The molecule has 2 rings (SSSR count). The Labute approximate surface area is 129 Å². The molecule has 0 aliphatic heterocycles. The summed E-state index contributed by atoms with van der Waals surface area (Å²) in [5, 5.41) is 2.69. The Balaban J connectivity index is 2.33. The van der Waals surface area contributed by atoms with Crippen LogP contribution in [0, 0.1) is 12.7 Å². The first-order valence-electron chi connectivity index (χ1n) is 6.97. The van der Waals surface area contributed by atoms with Gasteiger partial charge in [0, 0.05) is 11.8 Å². The van der Waals surface area contributed by atoms with Gasteiger partial charge in [0.1, 0.15) is 11.4 Å². The zero-order valence-corrected chi connectivity index (χ0v) is 13.1. The topological polar surface area (TPSA) is 51.2 Å². The summed E-state index contributed by atoms with van der Waals surface area (Å²) < 4.78 is 18.5. The van der Waals surface area contributed by atoms with Crippen LogP contribution in [0.5, 0.6) is 0 Å². The second-order valence-electron chi connectivity index (χ2n) is 6.01. The maximum atomic E-state index is 13.3. The summed E-state index contributed by atoms with van der Waals surface area (Å²) in [4.78, 5) is 16.0. The van der Waals surface area contributed by atoms with Gasteiger partial charge in [0.2, 0.25) is 0 Å². The zero-order chi connectivity index (χ0) is 16.3. The standard InChI is InChI=1S/C17H19FN2O2/c1-11-9-12(18)5-6-13(11)14-7-8-19-10-15(14)20-16(21)22-17(2,3)4/h5-10H,1-4H3,(H,20,21). The molecule has 0 aliphatic carbocycles. The lowest BCUT2D eigenvalue weighted by Crippen LogP contribution is -2.27. The lowest BCUT2D eigenvalue weighted by atomic mass is 10.0. The van der Waals surface area contributed by atoms with Crippen molar-refractivity contribution in [3.8, 4) is 11.1 Å². The first kappa shape index (κ1) is 15.9. The monoisotopic (exact) mass is 302 g/mol. The molecule has 0 saturated carbocycles. The highest BCUT2D eigenvalue weighted by molar-refractivity contribution is 5.91. The zero-order valence-electron chi connectivity index (χ0n) is 13.1. The van der Waals surface area contributed by atoms with E-state index in [0.29, 0.717) is 5.69 Å². The molecule has 1 aromatic carbocycles. The van der Waals surface area contributed by atoms with Gasteiger partial charge in [-0.3, -0.25) is 10.3 Å². The highest BCUT2D eigenvalue weighted by Crippen LogP contribution is 2.30. The van der Waals surface area contributed by atoms with Crippen LogP contribution in [0.1, 0.15) is 26.3 Å². The normalized spacial score (nSPS) is 11.1. The van der Waals surface area contributed by atoms with Gasteiger partial charge in [-0.15, -0.1) is 0 Å². The molecule has 1 aromatic heterocycles. The maximum absolute atomic E-state index is 13.3. The lowest BCUT2D eigenvalue weighted by Gasteiger charge is -2.20. The Morgan fingerprint density at radius 1 is 1.23 bits per heavy atom. The Kier molecular flexibility index (Phi) is 4.45. The van der Waals surface area contributed by atoms with E-state index in [4.69, 9.17) is 4.74 Å². The van der Waals surface area contributed by atoms with Gasteiger partial charge in [-0.25, -0.2) is 9.18 Å². The molecule has 0 radical (unpaired) electrons. The average Bonchev–Trinajstić information content (AvgIpc) is 2.37. The molecule has 22 heavy (non-hydrogen) atoms. The number of aromatic nitrogens is 1. The van der Waals surface area contributed by atoms with E-state index in [2.05, 4.69) is 10.3 Å². The number of benzene rings is 1. The molecule has 2 aromatic rings. The third-order valence-electron chi connectivity index (χ3n) is 2.94. The van der Waals surface area contributed by atoms with Crippen LogP contribution in [-0.4, -0.2) is 16.7 Å². The molecule has 0 aliphatic rings. The molecule has 0 bridgehead atoms. The number of hydrogen-bond donors (Lipinski definition) is 1. The molecule has 0 spiro atoms.